The fraction of sp³-hybridized carbons (Fsp3) is 0.263. The Hall–Kier alpha value is -1.94. The van der Waals surface area contributed by atoms with E-state index in [9.17, 15) is 4.79 Å². The molecular formula is C19H20ClN5OS3. The second-order valence-electron chi connectivity index (χ2n) is 6.14. The van der Waals surface area contributed by atoms with E-state index in [1.54, 1.807) is 17.8 Å². The molecule has 0 atom stereocenters. The second kappa shape index (κ2) is 10.2. The quantitative estimate of drug-likeness (QED) is 0.183. The van der Waals surface area contributed by atoms with Gasteiger partial charge in [0.15, 0.2) is 15.7 Å². The number of nitrogens with zero attached hydrogens (tertiary/aromatic N) is 3. The smallest absolute Gasteiger partial charge is 0.226 e. The molecule has 2 aromatic heterocycles. The third-order valence-electron chi connectivity index (χ3n) is 3.95. The zero-order valence-electron chi connectivity index (χ0n) is 15.8. The maximum Gasteiger partial charge on any atom is 0.226 e. The molecule has 0 aliphatic carbocycles. The minimum atomic E-state index is -0.0491. The number of hydrogen-bond donors (Lipinski definition) is 2. The Kier molecular flexibility index (Phi) is 7.65. The van der Waals surface area contributed by atoms with E-state index in [1.165, 1.54) is 11.3 Å². The van der Waals surface area contributed by atoms with Crippen LogP contribution < -0.4 is 5.32 Å². The van der Waals surface area contributed by atoms with Gasteiger partial charge in [0.25, 0.3) is 0 Å². The van der Waals surface area contributed by atoms with Gasteiger partial charge in [0.05, 0.1) is 10.6 Å². The molecule has 2 heterocycles. The van der Waals surface area contributed by atoms with Crippen LogP contribution in [0.4, 0.5) is 5.13 Å². The number of aromatic nitrogens is 4. The van der Waals surface area contributed by atoms with Crippen molar-refractivity contribution in [3.63, 3.8) is 0 Å². The van der Waals surface area contributed by atoms with Crippen LogP contribution in [0.25, 0.3) is 10.7 Å². The van der Waals surface area contributed by atoms with Gasteiger partial charge in [-0.3, -0.25) is 14.5 Å². The summed E-state index contributed by atoms with van der Waals surface area (Å²) in [4.78, 5) is 18.7. The first-order valence-corrected chi connectivity index (χ1v) is 11.5. The predicted octanol–water partition coefficient (Wildman–Crippen LogP) is 5.72. The number of carbonyl (C=O) groups is 1. The third kappa shape index (κ3) is 5.79. The van der Waals surface area contributed by atoms with E-state index in [1.807, 2.05) is 35.8 Å². The average Bonchev–Trinajstić information content (AvgIpc) is 3.23. The summed E-state index contributed by atoms with van der Waals surface area (Å²) in [5, 5.41) is 11.3. The maximum atomic E-state index is 12.3. The van der Waals surface area contributed by atoms with Gasteiger partial charge < -0.3 is 5.32 Å². The highest BCUT2D eigenvalue weighted by Crippen LogP contribution is 2.32. The lowest BCUT2D eigenvalue weighted by molar-refractivity contribution is -0.116. The number of thioether (sulfide) groups is 1. The van der Waals surface area contributed by atoms with Gasteiger partial charge in [0, 0.05) is 22.9 Å². The topological polar surface area (TPSA) is 75.6 Å². The molecule has 0 aliphatic rings. The molecule has 0 radical (unpaired) electrons. The first-order valence-electron chi connectivity index (χ1n) is 8.90. The highest BCUT2D eigenvalue weighted by Gasteiger charge is 2.17. The van der Waals surface area contributed by atoms with Crippen molar-refractivity contribution in [3.05, 3.63) is 52.4 Å². The van der Waals surface area contributed by atoms with Crippen LogP contribution >= 0.6 is 46.9 Å². The first-order chi connectivity index (χ1) is 14.0. The van der Waals surface area contributed by atoms with Gasteiger partial charge in [-0.15, -0.1) is 18.3 Å². The normalized spacial score (nSPS) is 10.8. The number of benzene rings is 1. The molecule has 0 spiro atoms. The van der Waals surface area contributed by atoms with Crippen LogP contribution in [-0.2, 0) is 11.3 Å². The molecule has 0 aliphatic heterocycles. The van der Waals surface area contributed by atoms with E-state index in [4.69, 9.17) is 23.8 Å². The number of H-pyrrole nitrogens is 1. The summed E-state index contributed by atoms with van der Waals surface area (Å²) in [7, 11) is 0. The summed E-state index contributed by atoms with van der Waals surface area (Å²) in [6.07, 6.45) is 2.97. The first kappa shape index (κ1) is 21.8. The zero-order chi connectivity index (χ0) is 20.8. The fourth-order valence-corrected chi connectivity index (χ4v) is 4.75. The second-order valence-corrected chi connectivity index (χ2v) is 9.13. The van der Waals surface area contributed by atoms with Gasteiger partial charge in [-0.05, 0) is 55.6 Å². The number of rotatable bonds is 9. The SMILES string of the molecule is C=CCn1c(-c2sc(NC(=O)CCCSc3ccc(Cl)cc3)nc2C)n[nH]c1=S. The number of nitrogens with one attached hydrogen (secondary N) is 2. The lowest BCUT2D eigenvalue weighted by atomic mass is 10.3. The predicted molar refractivity (Wildman–Crippen MR) is 123 cm³/mol. The van der Waals surface area contributed by atoms with Crippen molar-refractivity contribution >= 4 is 58.0 Å². The zero-order valence-corrected chi connectivity index (χ0v) is 19.0. The number of carbonyl (C=O) groups excluding carboxylic acids is 1. The number of halogens is 1. The van der Waals surface area contributed by atoms with Crippen LogP contribution in [0, 0.1) is 11.7 Å². The van der Waals surface area contributed by atoms with Crippen molar-refractivity contribution in [2.75, 3.05) is 11.1 Å². The number of thiazole rings is 1. The molecule has 0 fully saturated rings. The molecule has 29 heavy (non-hydrogen) atoms. The summed E-state index contributed by atoms with van der Waals surface area (Å²) in [5.41, 5.74) is 0.794. The van der Waals surface area contributed by atoms with Crippen molar-refractivity contribution in [2.24, 2.45) is 0 Å². The van der Waals surface area contributed by atoms with E-state index in [0.717, 1.165) is 32.7 Å². The number of amides is 1. The van der Waals surface area contributed by atoms with Gasteiger partial charge in [0.1, 0.15) is 0 Å². The Bertz CT molecular complexity index is 1050. The monoisotopic (exact) mass is 465 g/mol. The number of aromatic amines is 1. The molecule has 0 bridgehead atoms. The van der Waals surface area contributed by atoms with E-state index in [-0.39, 0.29) is 5.91 Å². The van der Waals surface area contributed by atoms with Crippen LogP contribution in [-0.4, -0.2) is 31.4 Å². The van der Waals surface area contributed by atoms with Crippen LogP contribution in [0.3, 0.4) is 0 Å². The lowest BCUT2D eigenvalue weighted by Gasteiger charge is -2.03. The van der Waals surface area contributed by atoms with E-state index >= 15 is 0 Å². The van der Waals surface area contributed by atoms with Crippen molar-refractivity contribution < 1.29 is 4.79 Å². The minimum absolute atomic E-state index is 0.0491. The minimum Gasteiger partial charge on any atom is -0.302 e. The van der Waals surface area contributed by atoms with Crippen LogP contribution in [0.15, 0.2) is 41.8 Å². The van der Waals surface area contributed by atoms with Gasteiger partial charge in [-0.2, -0.15) is 5.10 Å². The summed E-state index contributed by atoms with van der Waals surface area (Å²) in [6, 6.07) is 7.70. The molecule has 6 nitrogen and oxygen atoms in total. The summed E-state index contributed by atoms with van der Waals surface area (Å²) < 4.78 is 2.37. The highest BCUT2D eigenvalue weighted by atomic mass is 35.5. The van der Waals surface area contributed by atoms with E-state index < -0.39 is 0 Å². The molecule has 0 unspecified atom stereocenters. The van der Waals surface area contributed by atoms with Gasteiger partial charge in [-0.25, -0.2) is 4.98 Å². The molecular weight excluding hydrogens is 446 g/mol. The Morgan fingerprint density at radius 1 is 1.45 bits per heavy atom. The fourth-order valence-electron chi connectivity index (χ4n) is 2.58. The number of allylic oxidation sites excluding steroid dienone is 1. The molecule has 1 amide bonds. The summed E-state index contributed by atoms with van der Waals surface area (Å²) >= 11 is 14.2. The Morgan fingerprint density at radius 2 is 2.21 bits per heavy atom. The lowest BCUT2D eigenvalue weighted by Crippen LogP contribution is -2.11. The molecule has 152 valence electrons. The summed E-state index contributed by atoms with van der Waals surface area (Å²) in [6.45, 7) is 6.19. The van der Waals surface area contributed by atoms with Crippen LogP contribution in [0.2, 0.25) is 5.02 Å². The van der Waals surface area contributed by atoms with Crippen molar-refractivity contribution in [1.29, 1.82) is 0 Å². The molecule has 1 aromatic carbocycles. The molecule has 2 N–H and O–H groups in total. The average molecular weight is 466 g/mol. The van der Waals surface area contributed by atoms with E-state index in [2.05, 4.69) is 27.1 Å². The van der Waals surface area contributed by atoms with Crippen molar-refractivity contribution in [1.82, 2.24) is 19.7 Å². The maximum absolute atomic E-state index is 12.3. The van der Waals surface area contributed by atoms with Crippen molar-refractivity contribution in [2.45, 2.75) is 31.2 Å². The Morgan fingerprint density at radius 3 is 2.93 bits per heavy atom. The molecule has 0 saturated carbocycles. The van der Waals surface area contributed by atoms with Gasteiger partial charge in [-0.1, -0.05) is 29.0 Å². The van der Waals surface area contributed by atoms with Crippen LogP contribution in [0.5, 0.6) is 0 Å². The molecule has 3 aromatic rings. The standard InChI is InChI=1S/C19H20ClN5OS3/c1-3-10-25-17(23-24-19(25)27)16-12(2)21-18(29-16)22-15(26)5-4-11-28-14-8-6-13(20)7-9-14/h3,6-9H,1,4-5,10-11H2,2H3,(H,24,27)(H,21,22,26). The molecule has 3 rings (SSSR count). The van der Waals surface area contributed by atoms with Crippen molar-refractivity contribution in [3.8, 4) is 10.7 Å². The summed E-state index contributed by atoms with van der Waals surface area (Å²) in [5.74, 6) is 1.50. The Balaban J connectivity index is 1.55. The third-order valence-corrected chi connectivity index (χ3v) is 6.68. The number of aryl methyl sites for hydroxylation is 1. The van der Waals surface area contributed by atoms with Gasteiger partial charge in [0.2, 0.25) is 5.91 Å². The highest BCUT2D eigenvalue weighted by molar-refractivity contribution is 7.99. The number of anilines is 1. The Labute approximate surface area is 187 Å². The van der Waals surface area contributed by atoms with E-state index in [0.29, 0.717) is 28.7 Å². The molecule has 0 saturated heterocycles. The molecule has 10 heteroatoms. The largest absolute Gasteiger partial charge is 0.302 e. The number of hydrogen-bond acceptors (Lipinski definition) is 6. The van der Waals surface area contributed by atoms with Gasteiger partial charge >= 0.3 is 0 Å². The van der Waals surface area contributed by atoms with Crippen LogP contribution in [0.1, 0.15) is 18.5 Å².